The number of carbonyl (C=O) groups is 2. The monoisotopic (exact) mass is 286 g/mol. The summed E-state index contributed by atoms with van der Waals surface area (Å²) in [6, 6.07) is 12.9. The summed E-state index contributed by atoms with van der Waals surface area (Å²) in [6.07, 6.45) is 0. The van der Waals surface area contributed by atoms with Gasteiger partial charge in [0, 0.05) is 5.56 Å². The molecule has 2 amide bonds. The molecular formula is C16H15FN2O2. The zero-order valence-electron chi connectivity index (χ0n) is 11.5. The number of nitrogens with one attached hydrogen (secondary N) is 2. The molecule has 21 heavy (non-hydrogen) atoms. The number of carbonyl (C=O) groups excluding carboxylic acids is 2. The van der Waals surface area contributed by atoms with E-state index in [1.807, 2.05) is 13.0 Å². The highest BCUT2D eigenvalue weighted by Crippen LogP contribution is 2.11. The van der Waals surface area contributed by atoms with Crippen molar-refractivity contribution in [2.24, 2.45) is 0 Å². The predicted octanol–water partition coefficient (Wildman–Crippen LogP) is 2.50. The lowest BCUT2D eigenvalue weighted by Gasteiger charge is -2.08. The SMILES string of the molecule is Cc1cccc(C(=O)NCC(=O)Nc2ccccc2F)c1. The molecule has 0 aromatic heterocycles. The van der Waals surface area contributed by atoms with Gasteiger partial charge in [-0.05, 0) is 31.2 Å². The highest BCUT2D eigenvalue weighted by molar-refractivity contribution is 5.99. The van der Waals surface area contributed by atoms with Gasteiger partial charge >= 0.3 is 0 Å². The Labute approximate surface area is 122 Å². The van der Waals surface area contributed by atoms with Crippen LogP contribution in [0.3, 0.4) is 0 Å². The minimum absolute atomic E-state index is 0.0901. The Morgan fingerprint density at radius 2 is 1.86 bits per heavy atom. The molecule has 0 radical (unpaired) electrons. The molecule has 0 spiro atoms. The summed E-state index contributed by atoms with van der Waals surface area (Å²) in [6.45, 7) is 1.66. The smallest absolute Gasteiger partial charge is 0.251 e. The standard InChI is InChI=1S/C16H15FN2O2/c1-11-5-4-6-12(9-11)16(21)18-10-15(20)19-14-8-3-2-7-13(14)17/h2-9H,10H2,1H3,(H,18,21)(H,19,20). The zero-order chi connectivity index (χ0) is 15.2. The third-order valence-corrected chi connectivity index (χ3v) is 2.84. The van der Waals surface area contributed by atoms with E-state index in [-0.39, 0.29) is 18.1 Å². The number of hydrogen-bond donors (Lipinski definition) is 2. The molecular weight excluding hydrogens is 271 g/mol. The largest absolute Gasteiger partial charge is 0.343 e. The summed E-state index contributed by atoms with van der Waals surface area (Å²) < 4.78 is 13.4. The number of aryl methyl sites for hydroxylation is 1. The Kier molecular flexibility index (Phi) is 4.66. The fourth-order valence-corrected chi connectivity index (χ4v) is 1.81. The molecule has 0 heterocycles. The number of halogens is 1. The molecule has 4 nitrogen and oxygen atoms in total. The maximum Gasteiger partial charge on any atom is 0.251 e. The Hall–Kier alpha value is -2.69. The molecule has 2 aromatic carbocycles. The fourth-order valence-electron chi connectivity index (χ4n) is 1.81. The van der Waals surface area contributed by atoms with E-state index in [1.54, 1.807) is 24.3 Å². The molecule has 0 atom stereocenters. The molecule has 0 aliphatic heterocycles. The van der Waals surface area contributed by atoms with Crippen molar-refractivity contribution in [1.82, 2.24) is 5.32 Å². The quantitative estimate of drug-likeness (QED) is 0.907. The van der Waals surface area contributed by atoms with E-state index in [1.165, 1.54) is 18.2 Å². The van der Waals surface area contributed by atoms with Gasteiger partial charge in [-0.15, -0.1) is 0 Å². The zero-order valence-corrected chi connectivity index (χ0v) is 11.5. The minimum atomic E-state index is -0.518. The first-order valence-electron chi connectivity index (χ1n) is 6.45. The first-order valence-corrected chi connectivity index (χ1v) is 6.45. The molecule has 0 saturated heterocycles. The van der Waals surface area contributed by atoms with Gasteiger partial charge < -0.3 is 10.6 Å². The van der Waals surface area contributed by atoms with E-state index in [9.17, 15) is 14.0 Å². The van der Waals surface area contributed by atoms with Crippen LogP contribution < -0.4 is 10.6 Å². The Bertz CT molecular complexity index is 671. The third-order valence-electron chi connectivity index (χ3n) is 2.84. The number of hydrogen-bond acceptors (Lipinski definition) is 2. The van der Waals surface area contributed by atoms with Crippen LogP contribution in [0.2, 0.25) is 0 Å². The molecule has 0 saturated carbocycles. The summed E-state index contributed by atoms with van der Waals surface area (Å²) >= 11 is 0. The van der Waals surface area contributed by atoms with Gasteiger partial charge in [0.1, 0.15) is 5.82 Å². The second kappa shape index (κ2) is 6.65. The second-order valence-electron chi connectivity index (χ2n) is 4.58. The van der Waals surface area contributed by atoms with Crippen LogP contribution in [0.4, 0.5) is 10.1 Å². The van der Waals surface area contributed by atoms with E-state index in [0.717, 1.165) is 5.56 Å². The van der Waals surface area contributed by atoms with Crippen molar-refractivity contribution in [1.29, 1.82) is 0 Å². The van der Waals surface area contributed by atoms with Crippen molar-refractivity contribution in [2.75, 3.05) is 11.9 Å². The number of amides is 2. The molecule has 2 aromatic rings. The topological polar surface area (TPSA) is 58.2 Å². The van der Waals surface area contributed by atoms with Crippen molar-refractivity contribution in [3.8, 4) is 0 Å². The lowest BCUT2D eigenvalue weighted by molar-refractivity contribution is -0.115. The predicted molar refractivity (Wildman–Crippen MR) is 78.5 cm³/mol. The van der Waals surface area contributed by atoms with Gasteiger partial charge in [-0.1, -0.05) is 29.8 Å². The van der Waals surface area contributed by atoms with Gasteiger partial charge in [-0.3, -0.25) is 9.59 Å². The van der Waals surface area contributed by atoms with Crippen molar-refractivity contribution < 1.29 is 14.0 Å². The van der Waals surface area contributed by atoms with E-state index in [4.69, 9.17) is 0 Å². The first-order chi connectivity index (χ1) is 10.1. The van der Waals surface area contributed by atoms with Gasteiger partial charge in [0.25, 0.3) is 5.91 Å². The van der Waals surface area contributed by atoms with Crippen LogP contribution >= 0.6 is 0 Å². The summed E-state index contributed by atoms with van der Waals surface area (Å²) in [5, 5.41) is 4.89. The molecule has 0 fully saturated rings. The van der Waals surface area contributed by atoms with Crippen molar-refractivity contribution in [2.45, 2.75) is 6.92 Å². The molecule has 5 heteroatoms. The second-order valence-corrected chi connectivity index (χ2v) is 4.58. The van der Waals surface area contributed by atoms with Crippen molar-refractivity contribution in [3.05, 3.63) is 65.5 Å². The number of anilines is 1. The summed E-state index contributed by atoms with van der Waals surface area (Å²) in [7, 11) is 0. The Balaban J connectivity index is 1.90. The van der Waals surface area contributed by atoms with Crippen LogP contribution in [0.15, 0.2) is 48.5 Å². The average molecular weight is 286 g/mol. The van der Waals surface area contributed by atoms with E-state index >= 15 is 0 Å². The van der Waals surface area contributed by atoms with Crippen LogP contribution in [0, 0.1) is 12.7 Å². The van der Waals surface area contributed by atoms with Gasteiger partial charge in [-0.2, -0.15) is 0 Å². The first kappa shape index (κ1) is 14.7. The third kappa shape index (κ3) is 4.14. The molecule has 108 valence electrons. The van der Waals surface area contributed by atoms with Crippen molar-refractivity contribution in [3.63, 3.8) is 0 Å². The van der Waals surface area contributed by atoms with Crippen LogP contribution in [-0.4, -0.2) is 18.4 Å². The van der Waals surface area contributed by atoms with Gasteiger partial charge in [-0.25, -0.2) is 4.39 Å². The molecule has 2 rings (SSSR count). The maximum atomic E-state index is 13.4. The summed E-state index contributed by atoms with van der Waals surface area (Å²) in [5.74, 6) is -1.35. The van der Waals surface area contributed by atoms with E-state index in [2.05, 4.69) is 10.6 Å². The maximum absolute atomic E-state index is 13.4. The van der Waals surface area contributed by atoms with Crippen LogP contribution in [-0.2, 0) is 4.79 Å². The van der Waals surface area contributed by atoms with Gasteiger partial charge in [0.15, 0.2) is 0 Å². The number of rotatable bonds is 4. The molecule has 2 N–H and O–H groups in total. The molecule has 0 aliphatic rings. The minimum Gasteiger partial charge on any atom is -0.343 e. The van der Waals surface area contributed by atoms with Gasteiger partial charge in [0.05, 0.1) is 12.2 Å². The Morgan fingerprint density at radius 1 is 1.10 bits per heavy atom. The van der Waals surface area contributed by atoms with Crippen LogP contribution in [0.1, 0.15) is 15.9 Å². The van der Waals surface area contributed by atoms with Crippen molar-refractivity contribution >= 4 is 17.5 Å². The number of para-hydroxylation sites is 1. The van der Waals surface area contributed by atoms with Gasteiger partial charge in [0.2, 0.25) is 5.91 Å². The normalized spacial score (nSPS) is 10.0. The highest BCUT2D eigenvalue weighted by atomic mass is 19.1. The summed E-state index contributed by atoms with van der Waals surface area (Å²) in [4.78, 5) is 23.5. The lowest BCUT2D eigenvalue weighted by atomic mass is 10.1. The Morgan fingerprint density at radius 3 is 2.57 bits per heavy atom. The average Bonchev–Trinajstić information content (AvgIpc) is 2.47. The van der Waals surface area contributed by atoms with Crippen LogP contribution in [0.5, 0.6) is 0 Å². The molecule has 0 unspecified atom stereocenters. The number of benzene rings is 2. The lowest BCUT2D eigenvalue weighted by Crippen LogP contribution is -2.33. The van der Waals surface area contributed by atoms with Crippen LogP contribution in [0.25, 0.3) is 0 Å². The summed E-state index contributed by atoms with van der Waals surface area (Å²) in [5.41, 5.74) is 1.53. The van der Waals surface area contributed by atoms with E-state index in [0.29, 0.717) is 5.56 Å². The molecule has 0 bridgehead atoms. The molecule has 0 aliphatic carbocycles. The van der Waals surface area contributed by atoms with E-state index < -0.39 is 11.7 Å². The highest BCUT2D eigenvalue weighted by Gasteiger charge is 2.09. The fraction of sp³-hybridized carbons (Fsp3) is 0.125.